The van der Waals surface area contributed by atoms with Crippen molar-refractivity contribution < 1.29 is 4.74 Å². The van der Waals surface area contributed by atoms with Crippen LogP contribution in [0.1, 0.15) is 32.3 Å². The molecule has 1 aliphatic heterocycles. The van der Waals surface area contributed by atoms with Gasteiger partial charge in [0.25, 0.3) is 0 Å². The van der Waals surface area contributed by atoms with Crippen LogP contribution in [0, 0.1) is 12.8 Å². The summed E-state index contributed by atoms with van der Waals surface area (Å²) in [5.41, 5.74) is 2.65. The molecule has 1 aromatic carbocycles. The summed E-state index contributed by atoms with van der Waals surface area (Å²) >= 11 is 0. The van der Waals surface area contributed by atoms with Crippen molar-refractivity contribution in [2.24, 2.45) is 5.92 Å². The van der Waals surface area contributed by atoms with Crippen molar-refractivity contribution in [1.82, 2.24) is 5.32 Å². The normalized spacial score (nSPS) is 21.4. The van der Waals surface area contributed by atoms with Crippen molar-refractivity contribution in [2.75, 3.05) is 31.6 Å². The zero-order valence-electron chi connectivity index (χ0n) is 13.3. The predicted octanol–water partition coefficient (Wildman–Crippen LogP) is 3.22. The van der Waals surface area contributed by atoms with Gasteiger partial charge in [0.2, 0.25) is 0 Å². The Morgan fingerprint density at radius 2 is 2.25 bits per heavy atom. The lowest BCUT2D eigenvalue weighted by Crippen LogP contribution is -2.42. The molecule has 2 rings (SSSR count). The molecule has 1 N–H and O–H groups in total. The molecule has 2 unspecified atom stereocenters. The van der Waals surface area contributed by atoms with E-state index in [4.69, 9.17) is 4.74 Å². The lowest BCUT2D eigenvalue weighted by molar-refractivity contribution is 0.384. The topological polar surface area (TPSA) is 24.5 Å². The molecule has 0 aliphatic carbocycles. The SMILES string of the molecule is CCC(C)C1CN(c2ccc(OC)cc2C)CCCN1. The molecule has 0 radical (unpaired) electrons. The van der Waals surface area contributed by atoms with Gasteiger partial charge in [-0.3, -0.25) is 0 Å². The van der Waals surface area contributed by atoms with E-state index in [2.05, 4.69) is 49.2 Å². The van der Waals surface area contributed by atoms with E-state index in [-0.39, 0.29) is 0 Å². The van der Waals surface area contributed by atoms with Crippen molar-refractivity contribution >= 4 is 5.69 Å². The maximum Gasteiger partial charge on any atom is 0.119 e. The maximum absolute atomic E-state index is 5.31. The van der Waals surface area contributed by atoms with Crippen LogP contribution >= 0.6 is 0 Å². The third-order valence-corrected chi connectivity index (χ3v) is 4.50. The Bertz CT molecular complexity index is 433. The van der Waals surface area contributed by atoms with Crippen LogP contribution < -0.4 is 15.0 Å². The number of nitrogens with one attached hydrogen (secondary N) is 1. The van der Waals surface area contributed by atoms with Gasteiger partial charge in [0.05, 0.1) is 7.11 Å². The summed E-state index contributed by atoms with van der Waals surface area (Å²) in [6, 6.07) is 6.99. The second-order valence-corrected chi connectivity index (χ2v) is 5.90. The van der Waals surface area contributed by atoms with Gasteiger partial charge in [0, 0.05) is 24.8 Å². The molecular weight excluding hydrogens is 248 g/mol. The minimum atomic E-state index is 0.587. The number of hydrogen-bond donors (Lipinski definition) is 1. The van der Waals surface area contributed by atoms with Crippen molar-refractivity contribution in [3.05, 3.63) is 23.8 Å². The van der Waals surface area contributed by atoms with Gasteiger partial charge in [-0.15, -0.1) is 0 Å². The Hall–Kier alpha value is -1.22. The molecule has 2 atom stereocenters. The van der Waals surface area contributed by atoms with Gasteiger partial charge in [-0.2, -0.15) is 0 Å². The molecule has 1 saturated heterocycles. The first kappa shape index (κ1) is 15.2. The summed E-state index contributed by atoms with van der Waals surface area (Å²) in [5.74, 6) is 1.66. The van der Waals surface area contributed by atoms with Crippen LogP contribution in [0.25, 0.3) is 0 Å². The van der Waals surface area contributed by atoms with E-state index in [1.165, 1.54) is 24.1 Å². The van der Waals surface area contributed by atoms with Crippen molar-refractivity contribution in [2.45, 2.75) is 39.7 Å². The first-order chi connectivity index (χ1) is 9.65. The number of benzene rings is 1. The fraction of sp³-hybridized carbons (Fsp3) is 0.647. The molecular formula is C17H28N2O. The van der Waals surface area contributed by atoms with Crippen LogP contribution in [-0.4, -0.2) is 32.8 Å². The Morgan fingerprint density at radius 3 is 2.90 bits per heavy atom. The number of ether oxygens (including phenoxy) is 1. The van der Waals surface area contributed by atoms with E-state index in [9.17, 15) is 0 Å². The molecule has 3 heteroatoms. The zero-order valence-corrected chi connectivity index (χ0v) is 13.3. The van der Waals surface area contributed by atoms with Crippen LogP contribution in [0.2, 0.25) is 0 Å². The Balaban J connectivity index is 2.17. The minimum absolute atomic E-state index is 0.587. The lowest BCUT2D eigenvalue weighted by atomic mass is 9.98. The highest BCUT2D eigenvalue weighted by molar-refractivity contribution is 5.56. The molecule has 1 heterocycles. The number of rotatable bonds is 4. The molecule has 20 heavy (non-hydrogen) atoms. The van der Waals surface area contributed by atoms with Crippen molar-refractivity contribution in [3.8, 4) is 5.75 Å². The van der Waals surface area contributed by atoms with Crippen molar-refractivity contribution in [1.29, 1.82) is 0 Å². The van der Waals surface area contributed by atoms with Crippen molar-refractivity contribution in [3.63, 3.8) is 0 Å². The Morgan fingerprint density at radius 1 is 1.45 bits per heavy atom. The highest BCUT2D eigenvalue weighted by atomic mass is 16.5. The molecule has 0 amide bonds. The average Bonchev–Trinajstić information content (AvgIpc) is 2.72. The summed E-state index contributed by atoms with van der Waals surface area (Å²) in [7, 11) is 1.73. The van der Waals surface area contributed by atoms with Gasteiger partial charge in [-0.1, -0.05) is 20.3 Å². The average molecular weight is 276 g/mol. The number of methoxy groups -OCH3 is 1. The molecule has 112 valence electrons. The minimum Gasteiger partial charge on any atom is -0.497 e. The molecule has 1 aliphatic rings. The van der Waals surface area contributed by atoms with Gasteiger partial charge in [-0.05, 0) is 49.6 Å². The summed E-state index contributed by atoms with van der Waals surface area (Å²) in [4.78, 5) is 2.53. The smallest absolute Gasteiger partial charge is 0.119 e. The first-order valence-electron chi connectivity index (χ1n) is 7.78. The standard InChI is InChI=1S/C17H28N2O/c1-5-13(2)16-12-19(10-6-9-18-16)17-8-7-15(20-4)11-14(17)3/h7-8,11,13,16,18H,5-6,9-10,12H2,1-4H3. The molecule has 0 spiro atoms. The van der Waals surface area contributed by atoms with E-state index in [1.807, 2.05) is 0 Å². The molecule has 0 aromatic heterocycles. The van der Waals surface area contributed by atoms with Crippen LogP contribution in [0.3, 0.4) is 0 Å². The first-order valence-corrected chi connectivity index (χ1v) is 7.78. The van der Waals surface area contributed by atoms with Gasteiger partial charge in [0.15, 0.2) is 0 Å². The zero-order chi connectivity index (χ0) is 14.5. The number of nitrogens with zero attached hydrogens (tertiary/aromatic N) is 1. The van der Waals surface area contributed by atoms with Gasteiger partial charge < -0.3 is 15.0 Å². The quantitative estimate of drug-likeness (QED) is 0.914. The van der Waals surface area contributed by atoms with E-state index in [0.29, 0.717) is 12.0 Å². The second-order valence-electron chi connectivity index (χ2n) is 5.90. The summed E-state index contributed by atoms with van der Waals surface area (Å²) in [6.07, 6.45) is 2.44. The molecule has 0 saturated carbocycles. The van der Waals surface area contributed by atoms with E-state index >= 15 is 0 Å². The monoisotopic (exact) mass is 276 g/mol. The highest BCUT2D eigenvalue weighted by Gasteiger charge is 2.22. The largest absolute Gasteiger partial charge is 0.497 e. The number of aryl methyl sites for hydroxylation is 1. The highest BCUT2D eigenvalue weighted by Crippen LogP contribution is 2.26. The summed E-state index contributed by atoms with van der Waals surface area (Å²) < 4.78 is 5.31. The third-order valence-electron chi connectivity index (χ3n) is 4.50. The van der Waals surface area contributed by atoms with E-state index < -0.39 is 0 Å². The Labute approximate surface area is 123 Å². The fourth-order valence-electron chi connectivity index (χ4n) is 2.94. The number of hydrogen-bond acceptors (Lipinski definition) is 3. The van der Waals surface area contributed by atoms with Crippen LogP contribution in [0.4, 0.5) is 5.69 Å². The summed E-state index contributed by atoms with van der Waals surface area (Å²) in [5, 5.41) is 3.71. The van der Waals surface area contributed by atoms with Gasteiger partial charge >= 0.3 is 0 Å². The molecule has 1 aromatic rings. The summed E-state index contributed by atoms with van der Waals surface area (Å²) in [6.45, 7) is 10.2. The fourth-order valence-corrected chi connectivity index (χ4v) is 2.94. The predicted molar refractivity (Wildman–Crippen MR) is 85.8 cm³/mol. The lowest BCUT2D eigenvalue weighted by Gasteiger charge is -2.30. The van der Waals surface area contributed by atoms with Crippen LogP contribution in [0.15, 0.2) is 18.2 Å². The Kier molecular flexibility index (Phi) is 5.30. The maximum atomic E-state index is 5.31. The molecule has 0 bridgehead atoms. The van der Waals surface area contributed by atoms with E-state index in [0.717, 1.165) is 25.4 Å². The molecule has 1 fully saturated rings. The van der Waals surface area contributed by atoms with Gasteiger partial charge in [0.1, 0.15) is 5.75 Å². The van der Waals surface area contributed by atoms with Crippen LogP contribution in [-0.2, 0) is 0 Å². The van der Waals surface area contributed by atoms with E-state index in [1.54, 1.807) is 7.11 Å². The molecule has 3 nitrogen and oxygen atoms in total. The second kappa shape index (κ2) is 6.98. The van der Waals surface area contributed by atoms with Gasteiger partial charge in [-0.25, -0.2) is 0 Å². The third kappa shape index (κ3) is 3.45. The van der Waals surface area contributed by atoms with Crippen LogP contribution in [0.5, 0.6) is 5.75 Å². The number of anilines is 1.